The second-order valence-electron chi connectivity index (χ2n) is 4.66. The predicted molar refractivity (Wildman–Crippen MR) is 71.3 cm³/mol. The molecule has 0 saturated heterocycles. The number of hydrogen-bond donors (Lipinski definition) is 1. The maximum absolute atomic E-state index is 4.54. The Balaban J connectivity index is 2.04. The smallest absolute Gasteiger partial charge is 0.0796 e. The minimum absolute atomic E-state index is 0.291. The Hall–Kier alpha value is -1.62. The molecule has 1 N–H and O–H groups in total. The number of rotatable bonds is 5. The molecule has 1 unspecified atom stereocenters. The van der Waals surface area contributed by atoms with E-state index in [2.05, 4.69) is 34.6 Å². The van der Waals surface area contributed by atoms with Crippen molar-refractivity contribution in [2.45, 2.75) is 25.8 Å². The Kier molecular flexibility index (Phi) is 3.81. The van der Waals surface area contributed by atoms with E-state index in [1.165, 1.54) is 11.4 Å². The number of nitrogens with zero attached hydrogens (tertiary/aromatic N) is 4. The second-order valence-corrected chi connectivity index (χ2v) is 4.66. The third-order valence-corrected chi connectivity index (χ3v) is 3.45. The summed E-state index contributed by atoms with van der Waals surface area (Å²) in [5, 5.41) is 12.1. The topological polar surface area (TPSA) is 47.7 Å². The molecule has 0 fully saturated rings. The number of hydrogen-bond acceptors (Lipinski definition) is 3. The molecule has 5 nitrogen and oxygen atoms in total. The van der Waals surface area contributed by atoms with Gasteiger partial charge in [-0.2, -0.15) is 10.2 Å². The highest BCUT2D eigenvalue weighted by Crippen LogP contribution is 2.18. The van der Waals surface area contributed by atoms with Crippen LogP contribution in [-0.2, 0) is 20.5 Å². The lowest BCUT2D eigenvalue weighted by atomic mass is 10.1. The third kappa shape index (κ3) is 2.61. The lowest BCUT2D eigenvalue weighted by molar-refractivity contribution is 0.516. The summed E-state index contributed by atoms with van der Waals surface area (Å²) < 4.78 is 3.85. The molecule has 0 aliphatic carbocycles. The zero-order chi connectivity index (χ0) is 13.1. The molecule has 2 rings (SSSR count). The van der Waals surface area contributed by atoms with Crippen molar-refractivity contribution in [1.82, 2.24) is 24.9 Å². The number of aromatic nitrogens is 4. The Morgan fingerprint density at radius 2 is 2.11 bits per heavy atom. The molecule has 1 atom stereocenters. The molecule has 0 spiro atoms. The molecule has 0 aliphatic rings. The van der Waals surface area contributed by atoms with Crippen molar-refractivity contribution in [2.24, 2.45) is 14.1 Å². The van der Waals surface area contributed by atoms with E-state index in [0.717, 1.165) is 18.5 Å². The highest BCUT2D eigenvalue weighted by molar-refractivity contribution is 5.13. The van der Waals surface area contributed by atoms with Crippen LogP contribution < -0.4 is 5.32 Å². The summed E-state index contributed by atoms with van der Waals surface area (Å²) in [4.78, 5) is 0. The van der Waals surface area contributed by atoms with Crippen molar-refractivity contribution >= 4 is 0 Å². The molecular weight excluding hydrogens is 226 g/mol. The molecular formula is C13H21N5. The predicted octanol–water partition coefficient (Wildman–Crippen LogP) is 1.36. The van der Waals surface area contributed by atoms with Crippen molar-refractivity contribution in [1.29, 1.82) is 0 Å². The summed E-state index contributed by atoms with van der Waals surface area (Å²) in [6.45, 7) is 2.07. The lowest BCUT2D eigenvalue weighted by Crippen LogP contribution is -2.18. The fraction of sp³-hybridized carbons (Fsp3) is 0.538. The highest BCUT2D eigenvalue weighted by atomic mass is 15.3. The van der Waals surface area contributed by atoms with Crippen LogP contribution in [0.1, 0.15) is 29.5 Å². The van der Waals surface area contributed by atoms with Gasteiger partial charge >= 0.3 is 0 Å². The van der Waals surface area contributed by atoms with Gasteiger partial charge in [0, 0.05) is 31.7 Å². The van der Waals surface area contributed by atoms with Crippen LogP contribution in [0.25, 0.3) is 0 Å². The van der Waals surface area contributed by atoms with Crippen molar-refractivity contribution in [3.63, 3.8) is 0 Å². The summed E-state index contributed by atoms with van der Waals surface area (Å²) in [5.41, 5.74) is 3.55. The van der Waals surface area contributed by atoms with Gasteiger partial charge in [0.25, 0.3) is 0 Å². The molecule has 2 heterocycles. The summed E-state index contributed by atoms with van der Waals surface area (Å²) in [6, 6.07) is 4.50. The van der Waals surface area contributed by atoms with Crippen molar-refractivity contribution in [3.8, 4) is 0 Å². The average molecular weight is 247 g/mol. The van der Waals surface area contributed by atoms with E-state index < -0.39 is 0 Å². The van der Waals surface area contributed by atoms with Crippen LogP contribution >= 0.6 is 0 Å². The molecule has 18 heavy (non-hydrogen) atoms. The van der Waals surface area contributed by atoms with Gasteiger partial charge in [-0.25, -0.2) is 0 Å². The van der Waals surface area contributed by atoms with Gasteiger partial charge in [-0.05, 0) is 38.9 Å². The minimum Gasteiger partial charge on any atom is -0.312 e. The van der Waals surface area contributed by atoms with E-state index >= 15 is 0 Å². The summed E-state index contributed by atoms with van der Waals surface area (Å²) >= 11 is 0. The first kappa shape index (κ1) is 12.8. The van der Waals surface area contributed by atoms with Crippen LogP contribution in [0.5, 0.6) is 0 Å². The molecule has 98 valence electrons. The largest absolute Gasteiger partial charge is 0.312 e. The van der Waals surface area contributed by atoms with E-state index in [4.69, 9.17) is 0 Å². The molecule has 0 amide bonds. The third-order valence-electron chi connectivity index (χ3n) is 3.45. The van der Waals surface area contributed by atoms with Crippen LogP contribution in [0, 0.1) is 6.92 Å². The van der Waals surface area contributed by atoms with Gasteiger partial charge in [0.2, 0.25) is 0 Å². The first-order valence-electron chi connectivity index (χ1n) is 6.26. The minimum atomic E-state index is 0.291. The molecule has 0 radical (unpaired) electrons. The molecule has 0 aromatic carbocycles. The lowest BCUT2D eigenvalue weighted by Gasteiger charge is -2.13. The monoisotopic (exact) mass is 247 g/mol. The Bertz CT molecular complexity index is 492. The Labute approximate surface area is 108 Å². The van der Waals surface area contributed by atoms with E-state index in [1.807, 2.05) is 36.7 Å². The van der Waals surface area contributed by atoms with Gasteiger partial charge in [0.05, 0.1) is 11.7 Å². The van der Waals surface area contributed by atoms with Crippen molar-refractivity contribution < 1.29 is 0 Å². The van der Waals surface area contributed by atoms with Crippen molar-refractivity contribution in [3.05, 3.63) is 35.4 Å². The van der Waals surface area contributed by atoms with E-state index in [-0.39, 0.29) is 0 Å². The zero-order valence-electron chi connectivity index (χ0n) is 11.5. The first-order chi connectivity index (χ1) is 8.61. The fourth-order valence-corrected chi connectivity index (χ4v) is 2.14. The van der Waals surface area contributed by atoms with Gasteiger partial charge < -0.3 is 5.32 Å². The number of nitrogens with one attached hydrogen (secondary N) is 1. The van der Waals surface area contributed by atoms with Gasteiger partial charge in [0.1, 0.15) is 0 Å². The quantitative estimate of drug-likeness (QED) is 0.867. The fourth-order valence-electron chi connectivity index (χ4n) is 2.14. The SMILES string of the molecule is CNC(CCc1ccnn1C)c1cc(C)n(C)n1. The first-order valence-corrected chi connectivity index (χ1v) is 6.26. The van der Waals surface area contributed by atoms with Crippen LogP contribution in [0.2, 0.25) is 0 Å². The standard InChI is InChI=1S/C13H21N5/c1-10-9-13(16-17(10)3)12(14-2)6-5-11-7-8-15-18(11)4/h7-9,12,14H,5-6H2,1-4H3. The maximum Gasteiger partial charge on any atom is 0.0796 e. The Morgan fingerprint density at radius 1 is 1.33 bits per heavy atom. The van der Waals surface area contributed by atoms with Gasteiger partial charge in [-0.1, -0.05) is 0 Å². The van der Waals surface area contributed by atoms with Crippen LogP contribution in [-0.4, -0.2) is 26.6 Å². The van der Waals surface area contributed by atoms with Crippen LogP contribution in [0.15, 0.2) is 18.3 Å². The molecule has 0 saturated carbocycles. The van der Waals surface area contributed by atoms with Gasteiger partial charge in [0.15, 0.2) is 0 Å². The van der Waals surface area contributed by atoms with E-state index in [9.17, 15) is 0 Å². The second kappa shape index (κ2) is 5.35. The van der Waals surface area contributed by atoms with E-state index in [0.29, 0.717) is 6.04 Å². The van der Waals surface area contributed by atoms with Crippen molar-refractivity contribution in [2.75, 3.05) is 7.05 Å². The molecule has 2 aromatic heterocycles. The van der Waals surface area contributed by atoms with Gasteiger partial charge in [-0.3, -0.25) is 9.36 Å². The maximum atomic E-state index is 4.54. The summed E-state index contributed by atoms with van der Waals surface area (Å²) in [7, 11) is 5.94. The Morgan fingerprint density at radius 3 is 2.61 bits per heavy atom. The molecule has 0 bridgehead atoms. The van der Waals surface area contributed by atoms with Crippen LogP contribution in [0.3, 0.4) is 0 Å². The molecule has 0 aliphatic heterocycles. The average Bonchev–Trinajstić information content (AvgIpc) is 2.88. The van der Waals surface area contributed by atoms with Gasteiger partial charge in [-0.15, -0.1) is 0 Å². The molecule has 5 heteroatoms. The summed E-state index contributed by atoms with van der Waals surface area (Å²) in [6.07, 6.45) is 3.86. The zero-order valence-corrected chi connectivity index (χ0v) is 11.5. The number of aryl methyl sites for hydroxylation is 4. The molecule has 2 aromatic rings. The normalized spacial score (nSPS) is 12.9. The highest BCUT2D eigenvalue weighted by Gasteiger charge is 2.14. The van der Waals surface area contributed by atoms with E-state index in [1.54, 1.807) is 0 Å². The summed E-state index contributed by atoms with van der Waals surface area (Å²) in [5.74, 6) is 0. The van der Waals surface area contributed by atoms with Crippen LogP contribution in [0.4, 0.5) is 0 Å².